The van der Waals surface area contributed by atoms with Gasteiger partial charge in [-0.15, -0.1) is 0 Å². The van der Waals surface area contributed by atoms with Gasteiger partial charge in [-0.05, 0) is 41.5 Å². The van der Waals surface area contributed by atoms with E-state index in [4.69, 9.17) is 0 Å². The van der Waals surface area contributed by atoms with Crippen LogP contribution in [0.3, 0.4) is 0 Å². The lowest BCUT2D eigenvalue weighted by molar-refractivity contribution is 0.352. The molecule has 1 unspecified atom stereocenters. The Balaban J connectivity index is 2.06. The maximum Gasteiger partial charge on any atom is 0.123 e. The number of hydrogen-bond acceptors (Lipinski definition) is 1. The molecule has 0 fully saturated rings. The van der Waals surface area contributed by atoms with Crippen LogP contribution in [0, 0.1) is 11.2 Å². The van der Waals surface area contributed by atoms with E-state index in [9.17, 15) is 4.39 Å². The van der Waals surface area contributed by atoms with Crippen LogP contribution in [-0.2, 0) is 6.42 Å². The van der Waals surface area contributed by atoms with Gasteiger partial charge in [0.25, 0.3) is 0 Å². The molecule has 0 saturated carbocycles. The first-order valence-electron chi connectivity index (χ1n) is 5.97. The zero-order chi connectivity index (χ0) is 11.8. The maximum absolute atomic E-state index is 13.0. The van der Waals surface area contributed by atoms with Gasteiger partial charge in [-0.2, -0.15) is 0 Å². The van der Waals surface area contributed by atoms with Crippen LogP contribution in [0.5, 0.6) is 0 Å². The third-order valence-electron chi connectivity index (χ3n) is 3.06. The Morgan fingerprint density at radius 1 is 1.38 bits per heavy atom. The minimum absolute atomic E-state index is 0.116. The van der Waals surface area contributed by atoms with E-state index in [1.54, 1.807) is 12.1 Å². The third kappa shape index (κ3) is 2.62. The van der Waals surface area contributed by atoms with Crippen LogP contribution in [-0.4, -0.2) is 6.54 Å². The van der Waals surface area contributed by atoms with Gasteiger partial charge in [0.15, 0.2) is 0 Å². The molecular weight excluding hydrogens is 201 g/mol. The SMILES string of the molecule is CC(C)(C)CNC1CCc2cc(F)ccc21. The first kappa shape index (κ1) is 11.6. The van der Waals surface area contributed by atoms with E-state index in [1.807, 2.05) is 6.07 Å². The molecule has 1 aliphatic rings. The number of rotatable bonds is 2. The second kappa shape index (κ2) is 4.17. The molecule has 2 heteroatoms. The van der Waals surface area contributed by atoms with Crippen LogP contribution in [0.4, 0.5) is 4.39 Å². The molecule has 1 aromatic rings. The molecule has 16 heavy (non-hydrogen) atoms. The summed E-state index contributed by atoms with van der Waals surface area (Å²) >= 11 is 0. The van der Waals surface area contributed by atoms with Gasteiger partial charge in [-0.3, -0.25) is 0 Å². The van der Waals surface area contributed by atoms with Gasteiger partial charge in [-0.25, -0.2) is 4.39 Å². The lowest BCUT2D eigenvalue weighted by Crippen LogP contribution is -2.29. The van der Waals surface area contributed by atoms with E-state index in [0.717, 1.165) is 19.4 Å². The van der Waals surface area contributed by atoms with Crippen molar-refractivity contribution in [2.24, 2.45) is 5.41 Å². The van der Waals surface area contributed by atoms with Gasteiger partial charge in [0.05, 0.1) is 0 Å². The summed E-state index contributed by atoms with van der Waals surface area (Å²) in [6.07, 6.45) is 2.09. The molecule has 0 bridgehead atoms. The Morgan fingerprint density at radius 2 is 2.12 bits per heavy atom. The minimum atomic E-state index is -0.116. The lowest BCUT2D eigenvalue weighted by Gasteiger charge is -2.23. The highest BCUT2D eigenvalue weighted by atomic mass is 19.1. The first-order valence-corrected chi connectivity index (χ1v) is 5.97. The van der Waals surface area contributed by atoms with Crippen molar-refractivity contribution in [1.29, 1.82) is 0 Å². The topological polar surface area (TPSA) is 12.0 Å². The van der Waals surface area contributed by atoms with Crippen LogP contribution >= 0.6 is 0 Å². The summed E-state index contributed by atoms with van der Waals surface area (Å²) < 4.78 is 13.0. The fourth-order valence-electron chi connectivity index (χ4n) is 2.23. The summed E-state index contributed by atoms with van der Waals surface area (Å²) in [6, 6.07) is 5.58. The highest BCUT2D eigenvalue weighted by Crippen LogP contribution is 2.32. The quantitative estimate of drug-likeness (QED) is 0.806. The molecule has 2 rings (SSSR count). The number of aryl methyl sites for hydroxylation is 1. The Labute approximate surface area is 97.1 Å². The Morgan fingerprint density at radius 3 is 2.81 bits per heavy atom. The smallest absolute Gasteiger partial charge is 0.123 e. The molecule has 0 aliphatic heterocycles. The van der Waals surface area contributed by atoms with Crippen molar-refractivity contribution in [2.75, 3.05) is 6.54 Å². The van der Waals surface area contributed by atoms with Gasteiger partial charge in [-0.1, -0.05) is 26.8 Å². The third-order valence-corrected chi connectivity index (χ3v) is 3.06. The maximum atomic E-state index is 13.0. The van der Waals surface area contributed by atoms with Gasteiger partial charge in [0.1, 0.15) is 5.82 Å². The minimum Gasteiger partial charge on any atom is -0.309 e. The van der Waals surface area contributed by atoms with Gasteiger partial charge >= 0.3 is 0 Å². The van der Waals surface area contributed by atoms with E-state index >= 15 is 0 Å². The van der Waals surface area contributed by atoms with Gasteiger partial charge in [0, 0.05) is 12.6 Å². The predicted molar refractivity (Wildman–Crippen MR) is 64.9 cm³/mol. The highest BCUT2D eigenvalue weighted by Gasteiger charge is 2.23. The average Bonchev–Trinajstić information content (AvgIpc) is 2.56. The molecule has 1 nitrogen and oxygen atoms in total. The van der Waals surface area contributed by atoms with Crippen molar-refractivity contribution in [3.05, 3.63) is 35.1 Å². The summed E-state index contributed by atoms with van der Waals surface area (Å²) in [5.74, 6) is -0.116. The molecule has 1 aliphatic carbocycles. The van der Waals surface area contributed by atoms with Crippen molar-refractivity contribution >= 4 is 0 Å². The Kier molecular flexibility index (Phi) is 3.02. The van der Waals surface area contributed by atoms with E-state index < -0.39 is 0 Å². The Bertz CT molecular complexity index is 379. The molecule has 0 heterocycles. The van der Waals surface area contributed by atoms with E-state index in [-0.39, 0.29) is 5.82 Å². The summed E-state index contributed by atoms with van der Waals surface area (Å²) in [5, 5.41) is 3.57. The largest absolute Gasteiger partial charge is 0.309 e. The summed E-state index contributed by atoms with van der Waals surface area (Å²) in [6.45, 7) is 7.66. The number of nitrogens with one attached hydrogen (secondary N) is 1. The molecule has 0 saturated heterocycles. The molecule has 0 amide bonds. The second-order valence-corrected chi connectivity index (χ2v) is 5.88. The zero-order valence-corrected chi connectivity index (χ0v) is 10.3. The van der Waals surface area contributed by atoms with Crippen LogP contribution in [0.25, 0.3) is 0 Å². The van der Waals surface area contributed by atoms with Crippen LogP contribution in [0.1, 0.15) is 44.4 Å². The van der Waals surface area contributed by atoms with Crippen molar-refractivity contribution in [1.82, 2.24) is 5.32 Å². The zero-order valence-electron chi connectivity index (χ0n) is 10.3. The summed E-state index contributed by atoms with van der Waals surface area (Å²) in [4.78, 5) is 0. The molecule has 88 valence electrons. The standard InChI is InChI=1S/C14H20FN/c1-14(2,3)9-16-13-7-4-10-8-11(15)5-6-12(10)13/h5-6,8,13,16H,4,7,9H2,1-3H3. The second-order valence-electron chi connectivity index (χ2n) is 5.88. The van der Waals surface area contributed by atoms with Crippen molar-refractivity contribution in [3.8, 4) is 0 Å². The van der Waals surface area contributed by atoms with Crippen molar-refractivity contribution in [3.63, 3.8) is 0 Å². The predicted octanol–water partition coefficient (Wildman–Crippen LogP) is 3.45. The van der Waals surface area contributed by atoms with E-state index in [0.29, 0.717) is 11.5 Å². The van der Waals surface area contributed by atoms with Gasteiger partial charge < -0.3 is 5.32 Å². The van der Waals surface area contributed by atoms with Gasteiger partial charge in [0.2, 0.25) is 0 Å². The molecule has 1 atom stereocenters. The molecule has 0 spiro atoms. The molecule has 1 N–H and O–H groups in total. The normalized spacial score (nSPS) is 19.9. The fraction of sp³-hybridized carbons (Fsp3) is 0.571. The number of halogens is 1. The van der Waals surface area contributed by atoms with E-state index in [1.165, 1.54) is 11.1 Å². The van der Waals surface area contributed by atoms with Crippen molar-refractivity contribution in [2.45, 2.75) is 39.7 Å². The lowest BCUT2D eigenvalue weighted by atomic mass is 9.96. The summed E-state index contributed by atoms with van der Waals surface area (Å²) in [7, 11) is 0. The average molecular weight is 221 g/mol. The Hall–Kier alpha value is -0.890. The number of fused-ring (bicyclic) bond motifs is 1. The van der Waals surface area contributed by atoms with Crippen LogP contribution in [0.2, 0.25) is 0 Å². The first-order chi connectivity index (χ1) is 7.46. The highest BCUT2D eigenvalue weighted by molar-refractivity contribution is 5.34. The van der Waals surface area contributed by atoms with Crippen molar-refractivity contribution < 1.29 is 4.39 Å². The van der Waals surface area contributed by atoms with E-state index in [2.05, 4.69) is 26.1 Å². The fourth-order valence-corrected chi connectivity index (χ4v) is 2.23. The van der Waals surface area contributed by atoms with Crippen LogP contribution in [0.15, 0.2) is 18.2 Å². The molecule has 0 aromatic heterocycles. The molecule has 1 aromatic carbocycles. The number of benzene rings is 1. The van der Waals surface area contributed by atoms with Crippen LogP contribution < -0.4 is 5.32 Å². The summed E-state index contributed by atoms with van der Waals surface area (Å²) in [5.41, 5.74) is 2.75. The molecule has 0 radical (unpaired) electrons. The molecular formula is C14H20FN. The number of hydrogen-bond donors (Lipinski definition) is 1. The monoisotopic (exact) mass is 221 g/mol.